The lowest BCUT2D eigenvalue weighted by Crippen LogP contribution is -2.49. The van der Waals surface area contributed by atoms with Gasteiger partial charge in [0.05, 0.1) is 0 Å². The van der Waals surface area contributed by atoms with Crippen molar-refractivity contribution in [1.82, 2.24) is 9.47 Å². The van der Waals surface area contributed by atoms with Gasteiger partial charge < -0.3 is 9.47 Å². The Morgan fingerprint density at radius 2 is 2.12 bits per heavy atom. The number of nitrogens with zero attached hydrogens (tertiary/aromatic N) is 4. The molecule has 2 bridgehead atoms. The van der Waals surface area contributed by atoms with Crippen LogP contribution in [-0.4, -0.2) is 34.1 Å². The number of piperidine rings is 1. The highest BCUT2D eigenvalue weighted by Gasteiger charge is 2.41. The third-order valence-corrected chi connectivity index (χ3v) is 5.62. The van der Waals surface area contributed by atoms with E-state index in [4.69, 9.17) is 6.42 Å². The number of likely N-dealkylation sites (tertiary alicyclic amines) is 1. The number of terminal acetylenes is 1. The van der Waals surface area contributed by atoms with E-state index in [-0.39, 0.29) is 17.4 Å². The van der Waals surface area contributed by atoms with Gasteiger partial charge in [-0.05, 0) is 18.4 Å². The van der Waals surface area contributed by atoms with Crippen LogP contribution in [0.1, 0.15) is 43.7 Å². The van der Waals surface area contributed by atoms with E-state index in [1.807, 2.05) is 21.6 Å². The number of carbonyl (C=O) groups is 1. The van der Waals surface area contributed by atoms with E-state index in [2.05, 4.69) is 16.1 Å². The SMILES string of the molecule is C#CCCC1(CCC(=O)N2C[C@@H]3C[C@H](C2)c2cccc(=O)n2C3)N=N1. The Morgan fingerprint density at radius 1 is 1.28 bits per heavy atom. The van der Waals surface area contributed by atoms with Crippen LogP contribution >= 0.6 is 0 Å². The zero-order chi connectivity index (χ0) is 17.4. The molecule has 2 atom stereocenters. The van der Waals surface area contributed by atoms with E-state index in [9.17, 15) is 9.59 Å². The van der Waals surface area contributed by atoms with Gasteiger partial charge >= 0.3 is 0 Å². The molecule has 0 N–H and O–H groups in total. The van der Waals surface area contributed by atoms with E-state index in [0.29, 0.717) is 38.3 Å². The van der Waals surface area contributed by atoms with E-state index in [1.165, 1.54) is 0 Å². The van der Waals surface area contributed by atoms with E-state index in [0.717, 1.165) is 25.1 Å². The summed E-state index contributed by atoms with van der Waals surface area (Å²) < 4.78 is 1.89. The summed E-state index contributed by atoms with van der Waals surface area (Å²) in [4.78, 5) is 26.7. The fraction of sp³-hybridized carbons (Fsp3) is 0.579. The summed E-state index contributed by atoms with van der Waals surface area (Å²) in [5.41, 5.74) is 0.742. The minimum atomic E-state index is -0.395. The monoisotopic (exact) mass is 338 g/mol. The van der Waals surface area contributed by atoms with Crippen LogP contribution in [0.5, 0.6) is 0 Å². The first kappa shape index (κ1) is 16.1. The second-order valence-electron chi connectivity index (χ2n) is 7.38. The lowest BCUT2D eigenvalue weighted by Gasteiger charge is -2.42. The average Bonchev–Trinajstić information content (AvgIpc) is 3.39. The molecule has 1 aromatic heterocycles. The number of carbonyl (C=O) groups excluding carboxylic acids is 1. The number of pyridine rings is 1. The smallest absolute Gasteiger partial charge is 0.250 e. The fourth-order valence-electron chi connectivity index (χ4n) is 4.23. The molecule has 0 aromatic carbocycles. The number of aromatic nitrogens is 1. The average molecular weight is 338 g/mol. The molecule has 1 aromatic rings. The quantitative estimate of drug-likeness (QED) is 0.772. The molecule has 1 fully saturated rings. The van der Waals surface area contributed by atoms with Gasteiger partial charge in [0, 0.05) is 63.0 Å². The standard InChI is InChI=1S/C19H22N4O2/c1-2-3-8-19(20-21-19)9-7-17(24)22-11-14-10-15(13-22)16-5-4-6-18(25)23(16)12-14/h1,4-6,14-15H,3,7-13H2/t14-,15+/m0/s1. The van der Waals surface area contributed by atoms with Crippen LogP contribution in [0.15, 0.2) is 33.2 Å². The number of hydrogen-bond donors (Lipinski definition) is 0. The van der Waals surface area contributed by atoms with Gasteiger partial charge in [-0.15, -0.1) is 12.3 Å². The number of rotatable bonds is 5. The Labute approximate surface area is 146 Å². The lowest BCUT2D eigenvalue weighted by atomic mass is 9.83. The molecule has 0 unspecified atom stereocenters. The van der Waals surface area contributed by atoms with Gasteiger partial charge in [-0.1, -0.05) is 6.07 Å². The number of fused-ring (bicyclic) bond motifs is 4. The minimum Gasteiger partial charge on any atom is -0.342 e. The first-order valence-electron chi connectivity index (χ1n) is 8.95. The highest BCUT2D eigenvalue weighted by atomic mass is 16.2. The van der Waals surface area contributed by atoms with Gasteiger partial charge in [0.1, 0.15) is 0 Å². The predicted molar refractivity (Wildman–Crippen MR) is 93.0 cm³/mol. The second kappa shape index (κ2) is 6.14. The van der Waals surface area contributed by atoms with E-state index in [1.54, 1.807) is 6.07 Å². The molecule has 25 heavy (non-hydrogen) atoms. The lowest BCUT2D eigenvalue weighted by molar-refractivity contribution is -0.134. The molecule has 4 heterocycles. The maximum Gasteiger partial charge on any atom is 0.250 e. The van der Waals surface area contributed by atoms with Crippen molar-refractivity contribution < 1.29 is 4.79 Å². The van der Waals surface area contributed by atoms with Crippen LogP contribution in [0.4, 0.5) is 0 Å². The Hall–Kier alpha value is -2.42. The van der Waals surface area contributed by atoms with Gasteiger partial charge in [-0.3, -0.25) is 9.59 Å². The van der Waals surface area contributed by atoms with Crippen molar-refractivity contribution in [3.05, 3.63) is 34.2 Å². The van der Waals surface area contributed by atoms with Crippen molar-refractivity contribution in [2.24, 2.45) is 16.1 Å². The molecular formula is C19H22N4O2. The number of hydrogen-bond acceptors (Lipinski definition) is 4. The maximum atomic E-state index is 12.7. The van der Waals surface area contributed by atoms with Crippen LogP contribution in [0.25, 0.3) is 0 Å². The molecule has 0 spiro atoms. The van der Waals surface area contributed by atoms with Crippen LogP contribution in [0, 0.1) is 18.3 Å². The third kappa shape index (κ3) is 3.11. The summed E-state index contributed by atoms with van der Waals surface area (Å²) >= 11 is 0. The Kier molecular flexibility index (Phi) is 3.95. The summed E-state index contributed by atoms with van der Waals surface area (Å²) in [7, 11) is 0. The topological polar surface area (TPSA) is 67.0 Å². The molecule has 6 heteroatoms. The van der Waals surface area contributed by atoms with Crippen LogP contribution in [-0.2, 0) is 11.3 Å². The largest absolute Gasteiger partial charge is 0.342 e. The molecule has 0 saturated carbocycles. The molecule has 4 rings (SSSR count). The zero-order valence-electron chi connectivity index (χ0n) is 14.2. The maximum absolute atomic E-state index is 12.7. The van der Waals surface area contributed by atoms with Gasteiger partial charge in [0.25, 0.3) is 5.56 Å². The highest BCUT2D eigenvalue weighted by molar-refractivity contribution is 5.76. The van der Waals surface area contributed by atoms with Crippen LogP contribution in [0.2, 0.25) is 0 Å². The molecule has 0 radical (unpaired) electrons. The molecule has 6 nitrogen and oxygen atoms in total. The molecule has 3 aliphatic heterocycles. The normalized spacial score (nSPS) is 25.2. The zero-order valence-corrected chi connectivity index (χ0v) is 14.2. The number of amides is 1. The van der Waals surface area contributed by atoms with Crippen molar-refractivity contribution in [2.75, 3.05) is 13.1 Å². The molecule has 1 amide bonds. The van der Waals surface area contributed by atoms with E-state index >= 15 is 0 Å². The first-order chi connectivity index (χ1) is 12.1. The van der Waals surface area contributed by atoms with Crippen molar-refractivity contribution in [3.63, 3.8) is 0 Å². The van der Waals surface area contributed by atoms with Gasteiger partial charge in [0.2, 0.25) is 5.91 Å². The second-order valence-corrected chi connectivity index (χ2v) is 7.38. The summed E-state index contributed by atoms with van der Waals surface area (Å²) in [6.07, 6.45) is 8.84. The van der Waals surface area contributed by atoms with Crippen molar-refractivity contribution >= 4 is 5.91 Å². The van der Waals surface area contributed by atoms with Gasteiger partial charge in [-0.25, -0.2) is 0 Å². The predicted octanol–water partition coefficient (Wildman–Crippen LogP) is 2.15. The Balaban J connectivity index is 1.40. The third-order valence-electron chi connectivity index (χ3n) is 5.62. The summed E-state index contributed by atoms with van der Waals surface area (Å²) in [5, 5.41) is 8.21. The van der Waals surface area contributed by atoms with Crippen molar-refractivity contribution in [2.45, 2.75) is 50.2 Å². The molecule has 3 aliphatic rings. The Morgan fingerprint density at radius 3 is 2.88 bits per heavy atom. The minimum absolute atomic E-state index is 0.0689. The van der Waals surface area contributed by atoms with Gasteiger partial charge in [0.15, 0.2) is 5.66 Å². The Bertz CT molecular complexity index is 813. The first-order valence-corrected chi connectivity index (χ1v) is 8.95. The molecule has 0 aliphatic carbocycles. The van der Waals surface area contributed by atoms with Crippen molar-refractivity contribution in [1.29, 1.82) is 0 Å². The highest BCUT2D eigenvalue weighted by Crippen LogP contribution is 2.39. The summed E-state index contributed by atoms with van der Waals surface area (Å²) in [6.45, 7) is 2.15. The van der Waals surface area contributed by atoms with Gasteiger partial charge in [-0.2, -0.15) is 10.2 Å². The molecule has 1 saturated heterocycles. The van der Waals surface area contributed by atoms with Crippen LogP contribution in [0.3, 0.4) is 0 Å². The van der Waals surface area contributed by atoms with Crippen molar-refractivity contribution in [3.8, 4) is 12.3 Å². The molecular weight excluding hydrogens is 316 g/mol. The summed E-state index contributed by atoms with van der Waals surface area (Å²) in [5.74, 6) is 3.40. The molecule has 130 valence electrons. The fourth-order valence-corrected chi connectivity index (χ4v) is 4.23. The van der Waals surface area contributed by atoms with E-state index < -0.39 is 5.66 Å². The summed E-state index contributed by atoms with van der Waals surface area (Å²) in [6, 6.07) is 5.46. The van der Waals surface area contributed by atoms with Crippen LogP contribution < -0.4 is 5.56 Å².